The summed E-state index contributed by atoms with van der Waals surface area (Å²) in [6.45, 7) is 0. The minimum atomic E-state index is 0.537. The Morgan fingerprint density at radius 3 is 1.24 bits per heavy atom. The highest BCUT2D eigenvalue weighted by molar-refractivity contribution is 6.24. The summed E-state index contributed by atoms with van der Waals surface area (Å²) in [7, 11) is 0. The fourth-order valence-corrected chi connectivity index (χ4v) is 11.2. The van der Waals surface area contributed by atoms with E-state index in [1.807, 2.05) is 18.2 Å². The SMILES string of the molecule is c1ccc(-c2nc(-c3ccc4c5ccccc5n(-c5ccccc5)c4c3)nc(-n3c4ccc(-n5c6ccccc6c6ccccc65)cc4c4ccc5c6ccccc6n(-c6ccccc6)c5c43)n2)cc1. The molecule has 0 bridgehead atoms. The molecule has 0 aliphatic heterocycles. The molecule has 0 aliphatic rings. The summed E-state index contributed by atoms with van der Waals surface area (Å²) in [6, 6.07) is 84.3. The minimum absolute atomic E-state index is 0.537. The minimum Gasteiger partial charge on any atom is -0.309 e. The standard InChI is InChI=1S/C63H39N7/c1-4-18-40(19-5-1)61-64-62(41-32-34-49-47-26-12-14-28-53(47)67(58(49)38-41)42-20-6-2-7-21-42)66-63(65-61)70-57-37-33-44(68-54-29-15-10-24-45(54)46-25-11-16-30-55(46)68)39-52(57)51-36-35-50-48-27-13-17-31-56(48)69(59(50)60(51)70)43-22-8-3-9-23-43/h1-39H. The van der Waals surface area contributed by atoms with Crippen molar-refractivity contribution in [1.82, 2.24) is 33.2 Å². The predicted molar refractivity (Wildman–Crippen MR) is 288 cm³/mol. The average Bonchev–Trinajstić information content (AvgIpc) is 4.16. The molecule has 0 atom stereocenters. The highest BCUT2D eigenvalue weighted by Gasteiger charge is 2.25. The molecular formula is C63H39N7. The van der Waals surface area contributed by atoms with E-state index in [0.29, 0.717) is 17.6 Å². The maximum atomic E-state index is 5.57. The first-order valence-electron chi connectivity index (χ1n) is 23.7. The number of rotatable bonds is 6. The van der Waals surface area contributed by atoms with E-state index < -0.39 is 0 Å². The predicted octanol–water partition coefficient (Wildman–Crippen LogP) is 15.6. The van der Waals surface area contributed by atoms with Gasteiger partial charge in [-0.3, -0.25) is 4.57 Å². The average molecular weight is 894 g/mol. The van der Waals surface area contributed by atoms with Crippen molar-refractivity contribution in [3.63, 3.8) is 0 Å². The highest BCUT2D eigenvalue weighted by Crippen LogP contribution is 2.43. The van der Waals surface area contributed by atoms with Crippen molar-refractivity contribution in [2.24, 2.45) is 0 Å². The van der Waals surface area contributed by atoms with Crippen molar-refractivity contribution in [2.75, 3.05) is 0 Å². The van der Waals surface area contributed by atoms with Crippen LogP contribution in [0.2, 0.25) is 0 Å². The molecule has 15 aromatic rings. The fraction of sp³-hybridized carbons (Fsp3) is 0. The highest BCUT2D eigenvalue weighted by atomic mass is 15.2. The molecule has 0 spiro atoms. The second kappa shape index (κ2) is 15.0. The monoisotopic (exact) mass is 893 g/mol. The van der Waals surface area contributed by atoms with Crippen LogP contribution in [0.25, 0.3) is 133 Å². The summed E-state index contributed by atoms with van der Waals surface area (Å²) >= 11 is 0. The number of aromatic nitrogens is 7. The second-order valence-corrected chi connectivity index (χ2v) is 18.0. The van der Waals surface area contributed by atoms with Crippen LogP contribution in [0.5, 0.6) is 0 Å². The first-order chi connectivity index (χ1) is 34.7. The van der Waals surface area contributed by atoms with Crippen molar-refractivity contribution in [3.8, 4) is 45.8 Å². The molecule has 10 aromatic carbocycles. The fourth-order valence-electron chi connectivity index (χ4n) is 11.2. The molecule has 5 aromatic heterocycles. The largest absolute Gasteiger partial charge is 0.309 e. The van der Waals surface area contributed by atoms with Crippen molar-refractivity contribution >= 4 is 87.2 Å². The quantitative estimate of drug-likeness (QED) is 0.167. The van der Waals surface area contributed by atoms with Gasteiger partial charge in [0.15, 0.2) is 11.6 Å². The maximum absolute atomic E-state index is 5.57. The number of nitrogens with zero attached hydrogens (tertiary/aromatic N) is 7. The Labute approximate surface area is 401 Å². The molecule has 0 radical (unpaired) electrons. The van der Waals surface area contributed by atoms with Gasteiger partial charge in [-0.2, -0.15) is 9.97 Å². The van der Waals surface area contributed by atoms with Crippen LogP contribution in [-0.2, 0) is 0 Å². The Bertz CT molecular complexity index is 4520. The molecule has 7 nitrogen and oxygen atoms in total. The van der Waals surface area contributed by atoms with Gasteiger partial charge in [0.05, 0.1) is 44.1 Å². The molecule has 0 unspecified atom stereocenters. The molecule has 0 amide bonds. The van der Waals surface area contributed by atoms with E-state index in [1.165, 1.54) is 26.9 Å². The topological polar surface area (TPSA) is 58.4 Å². The van der Waals surface area contributed by atoms with E-state index in [1.54, 1.807) is 0 Å². The molecule has 15 rings (SSSR count). The Hall–Kier alpha value is -9.59. The van der Waals surface area contributed by atoms with E-state index in [-0.39, 0.29) is 0 Å². The Balaban J connectivity index is 1.07. The zero-order valence-electron chi connectivity index (χ0n) is 37.6. The molecule has 70 heavy (non-hydrogen) atoms. The third kappa shape index (κ3) is 5.60. The van der Waals surface area contributed by atoms with Gasteiger partial charge in [-0.25, -0.2) is 4.98 Å². The third-order valence-corrected chi connectivity index (χ3v) is 14.2. The van der Waals surface area contributed by atoms with Crippen LogP contribution in [0.1, 0.15) is 0 Å². The van der Waals surface area contributed by atoms with E-state index in [0.717, 1.165) is 88.5 Å². The number of hydrogen-bond acceptors (Lipinski definition) is 3. The zero-order valence-corrected chi connectivity index (χ0v) is 37.6. The molecule has 0 fully saturated rings. The lowest BCUT2D eigenvalue weighted by Crippen LogP contribution is -2.07. The van der Waals surface area contributed by atoms with Crippen molar-refractivity contribution < 1.29 is 0 Å². The second-order valence-electron chi connectivity index (χ2n) is 18.0. The summed E-state index contributed by atoms with van der Waals surface area (Å²) in [5.74, 6) is 1.72. The summed E-state index contributed by atoms with van der Waals surface area (Å²) in [5, 5.41) is 9.33. The van der Waals surface area contributed by atoms with E-state index in [4.69, 9.17) is 15.0 Å². The number of fused-ring (bicyclic) bond motifs is 13. The third-order valence-electron chi connectivity index (χ3n) is 14.2. The summed E-state index contributed by atoms with van der Waals surface area (Å²) in [6.07, 6.45) is 0. The van der Waals surface area contributed by atoms with E-state index >= 15 is 0 Å². The molecule has 0 N–H and O–H groups in total. The number of para-hydroxylation sites is 6. The molecule has 0 saturated carbocycles. The molecule has 0 aliphatic carbocycles. The number of benzene rings is 10. The van der Waals surface area contributed by atoms with Gasteiger partial charge < -0.3 is 13.7 Å². The lowest BCUT2D eigenvalue weighted by atomic mass is 10.1. The van der Waals surface area contributed by atoms with Crippen molar-refractivity contribution in [1.29, 1.82) is 0 Å². The molecule has 326 valence electrons. The lowest BCUT2D eigenvalue weighted by molar-refractivity contribution is 0.953. The maximum Gasteiger partial charge on any atom is 0.238 e. The van der Waals surface area contributed by atoms with Gasteiger partial charge in [0.25, 0.3) is 0 Å². The Morgan fingerprint density at radius 1 is 0.229 bits per heavy atom. The van der Waals surface area contributed by atoms with Crippen LogP contribution in [-0.4, -0.2) is 33.2 Å². The molecular weight excluding hydrogens is 855 g/mol. The zero-order chi connectivity index (χ0) is 45.9. The van der Waals surface area contributed by atoms with E-state index in [9.17, 15) is 0 Å². The summed E-state index contributed by atoms with van der Waals surface area (Å²) < 4.78 is 9.44. The van der Waals surface area contributed by atoms with Crippen molar-refractivity contribution in [3.05, 3.63) is 237 Å². The molecule has 5 heterocycles. The van der Waals surface area contributed by atoms with Gasteiger partial charge in [0.1, 0.15) is 0 Å². The van der Waals surface area contributed by atoms with Gasteiger partial charge in [-0.05, 0) is 72.8 Å². The van der Waals surface area contributed by atoms with Gasteiger partial charge in [-0.15, -0.1) is 0 Å². The summed E-state index contributed by atoms with van der Waals surface area (Å²) in [4.78, 5) is 16.4. The van der Waals surface area contributed by atoms with Crippen LogP contribution in [0, 0.1) is 0 Å². The van der Waals surface area contributed by atoms with Crippen molar-refractivity contribution in [2.45, 2.75) is 0 Å². The normalized spacial score (nSPS) is 12.0. The lowest BCUT2D eigenvalue weighted by Gasteiger charge is -2.14. The van der Waals surface area contributed by atoms with Crippen LogP contribution in [0.4, 0.5) is 0 Å². The van der Waals surface area contributed by atoms with E-state index in [2.05, 4.69) is 237 Å². The first kappa shape index (κ1) is 38.5. The van der Waals surface area contributed by atoms with Gasteiger partial charge >= 0.3 is 0 Å². The Morgan fingerprint density at radius 2 is 0.643 bits per heavy atom. The van der Waals surface area contributed by atoms with Crippen LogP contribution in [0.15, 0.2) is 237 Å². The van der Waals surface area contributed by atoms with Crippen LogP contribution >= 0.6 is 0 Å². The smallest absolute Gasteiger partial charge is 0.238 e. The molecule has 0 saturated heterocycles. The van der Waals surface area contributed by atoms with Crippen LogP contribution < -0.4 is 0 Å². The summed E-state index contributed by atoms with van der Waals surface area (Å²) in [5.41, 5.74) is 13.8. The van der Waals surface area contributed by atoms with Gasteiger partial charge in [-0.1, -0.05) is 164 Å². The molecule has 7 heteroatoms. The van der Waals surface area contributed by atoms with Crippen LogP contribution in [0.3, 0.4) is 0 Å². The van der Waals surface area contributed by atoms with Gasteiger partial charge in [0.2, 0.25) is 5.95 Å². The number of hydrogen-bond donors (Lipinski definition) is 0. The Kier molecular flexibility index (Phi) is 8.23. The van der Waals surface area contributed by atoms with Gasteiger partial charge in [0, 0.05) is 71.3 Å². The first-order valence-corrected chi connectivity index (χ1v) is 23.7.